The van der Waals surface area contributed by atoms with Gasteiger partial charge in [0.05, 0.1) is 38.0 Å². The van der Waals surface area contributed by atoms with Crippen molar-refractivity contribution in [2.75, 3.05) is 52.6 Å². The maximum Gasteiger partial charge on any atom is 0.295 e. The van der Waals surface area contributed by atoms with Gasteiger partial charge >= 0.3 is 0 Å². The number of morpholine rings is 1. The Morgan fingerprint density at radius 3 is 2.42 bits per heavy atom. The SMILES string of the molecule is CCCOc1ccc(C(O)=C2C(=O)C(=O)N(CCCN3CCOCC3)C2c2cccc(OCCC(C)C)c2)cc1. The topological polar surface area (TPSA) is 88.5 Å². The van der Waals surface area contributed by atoms with Gasteiger partial charge in [-0.2, -0.15) is 0 Å². The van der Waals surface area contributed by atoms with Gasteiger partial charge in [0.25, 0.3) is 11.7 Å². The van der Waals surface area contributed by atoms with Crippen LogP contribution in [0.5, 0.6) is 11.5 Å². The zero-order valence-corrected chi connectivity index (χ0v) is 23.9. The number of likely N-dealkylation sites (tertiary alicyclic amines) is 1. The number of ether oxygens (including phenoxy) is 3. The van der Waals surface area contributed by atoms with Crippen molar-refractivity contribution >= 4 is 17.4 Å². The molecule has 0 radical (unpaired) electrons. The van der Waals surface area contributed by atoms with Crippen LogP contribution in [0.1, 0.15) is 57.2 Å². The van der Waals surface area contributed by atoms with E-state index in [2.05, 4.69) is 18.7 Å². The van der Waals surface area contributed by atoms with Crippen molar-refractivity contribution in [1.82, 2.24) is 9.80 Å². The lowest BCUT2D eigenvalue weighted by Gasteiger charge is -2.29. The molecule has 2 aliphatic heterocycles. The lowest BCUT2D eigenvalue weighted by molar-refractivity contribution is -0.140. The first-order valence-electron chi connectivity index (χ1n) is 14.4. The Morgan fingerprint density at radius 2 is 1.73 bits per heavy atom. The third kappa shape index (κ3) is 7.43. The number of aliphatic hydroxyl groups excluding tert-OH is 1. The maximum absolute atomic E-state index is 13.4. The van der Waals surface area contributed by atoms with Crippen LogP contribution >= 0.6 is 0 Å². The molecule has 0 bridgehead atoms. The molecule has 1 atom stereocenters. The number of hydrogen-bond acceptors (Lipinski definition) is 7. The van der Waals surface area contributed by atoms with Gasteiger partial charge in [0.1, 0.15) is 17.3 Å². The van der Waals surface area contributed by atoms with E-state index in [9.17, 15) is 14.7 Å². The van der Waals surface area contributed by atoms with Crippen LogP contribution in [0.25, 0.3) is 5.76 Å². The Labute approximate surface area is 237 Å². The van der Waals surface area contributed by atoms with Crippen LogP contribution in [0, 0.1) is 5.92 Å². The number of ketones is 1. The summed E-state index contributed by atoms with van der Waals surface area (Å²) in [4.78, 5) is 30.7. The molecule has 4 rings (SSSR count). The summed E-state index contributed by atoms with van der Waals surface area (Å²) in [6, 6.07) is 13.8. The van der Waals surface area contributed by atoms with Crippen molar-refractivity contribution in [3.05, 3.63) is 65.2 Å². The molecule has 2 aromatic rings. The van der Waals surface area contributed by atoms with Gasteiger partial charge < -0.3 is 24.2 Å². The maximum atomic E-state index is 13.4. The molecule has 2 fully saturated rings. The smallest absolute Gasteiger partial charge is 0.295 e. The number of Topliss-reactive ketones (excluding diaryl/α,β-unsaturated/α-hetero) is 1. The highest BCUT2D eigenvalue weighted by atomic mass is 16.5. The molecule has 0 aromatic heterocycles. The van der Waals surface area contributed by atoms with Gasteiger partial charge in [-0.1, -0.05) is 32.9 Å². The van der Waals surface area contributed by atoms with Crippen molar-refractivity contribution in [3.63, 3.8) is 0 Å². The Balaban J connectivity index is 1.64. The summed E-state index contributed by atoms with van der Waals surface area (Å²) >= 11 is 0. The number of carbonyl (C=O) groups excluding carboxylic acids is 2. The summed E-state index contributed by atoms with van der Waals surface area (Å²) in [5.41, 5.74) is 1.29. The molecule has 2 aliphatic rings. The second kappa shape index (κ2) is 14.3. The van der Waals surface area contributed by atoms with Crippen LogP contribution in [-0.4, -0.2) is 79.2 Å². The second-order valence-corrected chi connectivity index (χ2v) is 10.8. The van der Waals surface area contributed by atoms with Gasteiger partial charge in [0, 0.05) is 31.7 Å². The quantitative estimate of drug-likeness (QED) is 0.212. The number of hydrogen-bond donors (Lipinski definition) is 1. The van der Waals surface area contributed by atoms with Gasteiger partial charge in [-0.05, 0) is 67.1 Å². The van der Waals surface area contributed by atoms with Crippen LogP contribution in [0.3, 0.4) is 0 Å². The van der Waals surface area contributed by atoms with Gasteiger partial charge in [-0.15, -0.1) is 0 Å². The third-order valence-corrected chi connectivity index (χ3v) is 7.26. The summed E-state index contributed by atoms with van der Waals surface area (Å²) in [7, 11) is 0. The standard InChI is InChI=1S/C32H42N2O6/c1-4-18-39-26-11-9-24(10-12-26)30(35)28-29(25-7-5-8-27(22-25)40-19-13-23(2)3)34(32(37)31(28)36)15-6-14-33-16-20-38-21-17-33/h5,7-12,22-23,29,35H,4,6,13-21H2,1-3H3. The summed E-state index contributed by atoms with van der Waals surface area (Å²) < 4.78 is 17.1. The van der Waals surface area contributed by atoms with Crippen LogP contribution in [-0.2, 0) is 14.3 Å². The average molecular weight is 551 g/mol. The number of amides is 1. The van der Waals surface area contributed by atoms with Gasteiger partial charge in [-0.3, -0.25) is 14.5 Å². The van der Waals surface area contributed by atoms with E-state index in [1.54, 1.807) is 29.2 Å². The van der Waals surface area contributed by atoms with Crippen molar-refractivity contribution in [2.24, 2.45) is 5.92 Å². The van der Waals surface area contributed by atoms with E-state index in [1.807, 2.05) is 31.2 Å². The molecule has 2 saturated heterocycles. The largest absolute Gasteiger partial charge is 0.507 e. The summed E-state index contributed by atoms with van der Waals surface area (Å²) in [5.74, 6) is 0.417. The number of nitrogens with zero attached hydrogens (tertiary/aromatic N) is 2. The summed E-state index contributed by atoms with van der Waals surface area (Å²) in [5, 5.41) is 11.4. The van der Waals surface area contributed by atoms with Crippen LogP contribution in [0.15, 0.2) is 54.1 Å². The first-order chi connectivity index (χ1) is 19.4. The average Bonchev–Trinajstić information content (AvgIpc) is 3.21. The molecule has 2 aromatic carbocycles. The predicted molar refractivity (Wildman–Crippen MR) is 155 cm³/mol. The molecular formula is C32H42N2O6. The predicted octanol–water partition coefficient (Wildman–Crippen LogP) is 5.04. The molecule has 216 valence electrons. The Hall–Kier alpha value is -3.36. The molecular weight excluding hydrogens is 508 g/mol. The normalized spacial score (nSPS) is 19.4. The zero-order chi connectivity index (χ0) is 28.5. The van der Waals surface area contributed by atoms with E-state index >= 15 is 0 Å². The van der Waals surface area contributed by atoms with Crippen molar-refractivity contribution < 1.29 is 28.9 Å². The third-order valence-electron chi connectivity index (χ3n) is 7.26. The molecule has 0 saturated carbocycles. The van der Waals surface area contributed by atoms with Crippen LogP contribution < -0.4 is 9.47 Å². The van der Waals surface area contributed by atoms with Crippen molar-refractivity contribution in [2.45, 2.75) is 46.1 Å². The highest BCUT2D eigenvalue weighted by Gasteiger charge is 2.46. The number of benzene rings is 2. The molecule has 1 unspecified atom stereocenters. The molecule has 0 spiro atoms. The van der Waals surface area contributed by atoms with Crippen LogP contribution in [0.4, 0.5) is 0 Å². The van der Waals surface area contributed by atoms with Crippen molar-refractivity contribution in [3.8, 4) is 11.5 Å². The minimum absolute atomic E-state index is 0.0953. The Kier molecular flexibility index (Phi) is 10.6. The van der Waals surface area contributed by atoms with E-state index in [4.69, 9.17) is 14.2 Å². The van der Waals surface area contributed by atoms with Crippen molar-refractivity contribution in [1.29, 1.82) is 0 Å². The first-order valence-corrected chi connectivity index (χ1v) is 14.4. The number of rotatable bonds is 13. The van der Waals surface area contributed by atoms with E-state index in [1.165, 1.54) is 0 Å². The highest BCUT2D eigenvalue weighted by molar-refractivity contribution is 6.46. The highest BCUT2D eigenvalue weighted by Crippen LogP contribution is 2.40. The fourth-order valence-electron chi connectivity index (χ4n) is 5.02. The number of aliphatic hydroxyl groups is 1. The molecule has 1 N–H and O–H groups in total. The Morgan fingerprint density at radius 1 is 1.00 bits per heavy atom. The van der Waals surface area contributed by atoms with E-state index in [-0.39, 0.29) is 11.3 Å². The molecule has 0 aliphatic carbocycles. The second-order valence-electron chi connectivity index (χ2n) is 10.8. The fourth-order valence-corrected chi connectivity index (χ4v) is 5.02. The minimum atomic E-state index is -0.714. The van der Waals surface area contributed by atoms with Crippen LogP contribution in [0.2, 0.25) is 0 Å². The molecule has 8 heteroatoms. The van der Waals surface area contributed by atoms with E-state index in [0.29, 0.717) is 62.4 Å². The lowest BCUT2D eigenvalue weighted by atomic mass is 9.95. The first kappa shape index (κ1) is 29.6. The summed E-state index contributed by atoms with van der Waals surface area (Å²) in [6.07, 6.45) is 2.51. The zero-order valence-electron chi connectivity index (χ0n) is 23.9. The molecule has 1 amide bonds. The monoisotopic (exact) mass is 550 g/mol. The molecule has 40 heavy (non-hydrogen) atoms. The minimum Gasteiger partial charge on any atom is -0.507 e. The fraction of sp³-hybridized carbons (Fsp3) is 0.500. The van der Waals surface area contributed by atoms with Gasteiger partial charge in [0.2, 0.25) is 0 Å². The number of carbonyl (C=O) groups is 2. The summed E-state index contributed by atoms with van der Waals surface area (Å²) in [6.45, 7) is 11.8. The van der Waals surface area contributed by atoms with Gasteiger partial charge in [-0.25, -0.2) is 0 Å². The van der Waals surface area contributed by atoms with Gasteiger partial charge in [0.15, 0.2) is 0 Å². The van der Waals surface area contributed by atoms with E-state index in [0.717, 1.165) is 38.0 Å². The van der Waals surface area contributed by atoms with E-state index < -0.39 is 17.7 Å². The lowest BCUT2D eigenvalue weighted by Crippen LogP contribution is -2.38. The Bertz CT molecular complexity index is 1170. The molecule has 8 nitrogen and oxygen atoms in total. The molecule has 2 heterocycles.